The van der Waals surface area contributed by atoms with Crippen molar-refractivity contribution in [1.29, 1.82) is 0 Å². The molecule has 0 aromatic carbocycles. The van der Waals surface area contributed by atoms with Gasteiger partial charge >= 0.3 is 0 Å². The fraction of sp³-hybridized carbons (Fsp3) is 0.625. The van der Waals surface area contributed by atoms with Crippen molar-refractivity contribution in [3.8, 4) is 0 Å². The number of hydrogen-bond donors (Lipinski definition) is 1. The number of nitrogens with zero attached hydrogens (tertiary/aromatic N) is 6. The smallest absolute Gasteiger partial charge is 0.161 e. The van der Waals surface area contributed by atoms with Crippen molar-refractivity contribution < 1.29 is 0 Å². The monoisotopic (exact) mass is 487 g/mol. The lowest BCUT2D eigenvalue weighted by Crippen LogP contribution is -2.26. The molecule has 3 heterocycles. The van der Waals surface area contributed by atoms with Crippen molar-refractivity contribution in [2.24, 2.45) is 18.0 Å². The fourth-order valence-corrected chi connectivity index (χ4v) is 5.46. The highest BCUT2D eigenvalue weighted by atomic mass is 31.1. The lowest BCUT2D eigenvalue weighted by molar-refractivity contribution is 0.328. The molecule has 33 heavy (non-hydrogen) atoms. The Labute approximate surface area is 202 Å². The molecule has 3 atom stereocenters. The van der Waals surface area contributed by atoms with Gasteiger partial charge in [-0.1, -0.05) is 39.2 Å². The summed E-state index contributed by atoms with van der Waals surface area (Å²) in [5, 5.41) is 13.1. The van der Waals surface area contributed by atoms with Gasteiger partial charge in [0.2, 0.25) is 0 Å². The topological polar surface area (TPSA) is 63.3 Å². The van der Waals surface area contributed by atoms with Gasteiger partial charge in [-0.05, 0) is 32.1 Å². The van der Waals surface area contributed by atoms with Gasteiger partial charge < -0.3 is 10.2 Å². The van der Waals surface area contributed by atoms with Gasteiger partial charge in [-0.3, -0.25) is 9.36 Å². The van der Waals surface area contributed by atoms with Crippen LogP contribution in [0.3, 0.4) is 0 Å². The van der Waals surface area contributed by atoms with Crippen LogP contribution in [0.1, 0.15) is 81.5 Å². The van der Waals surface area contributed by atoms with Gasteiger partial charge in [0.1, 0.15) is 5.84 Å². The second-order valence-corrected chi connectivity index (χ2v) is 11.7. The Morgan fingerprint density at radius 3 is 2.70 bits per heavy atom. The first-order valence-electron chi connectivity index (χ1n) is 12.3. The molecule has 180 valence electrons. The van der Waals surface area contributed by atoms with E-state index in [1.165, 1.54) is 44.9 Å². The van der Waals surface area contributed by atoms with Crippen molar-refractivity contribution in [1.82, 2.24) is 24.5 Å². The van der Waals surface area contributed by atoms with Crippen LogP contribution < -0.4 is 5.32 Å². The number of anilines is 1. The molecular formula is C24H39N7P2. The van der Waals surface area contributed by atoms with E-state index in [4.69, 9.17) is 10.1 Å². The highest BCUT2D eigenvalue weighted by molar-refractivity contribution is 7.37. The first-order valence-corrected chi connectivity index (χ1v) is 13.6. The van der Waals surface area contributed by atoms with Crippen molar-refractivity contribution >= 4 is 41.5 Å². The summed E-state index contributed by atoms with van der Waals surface area (Å²) < 4.78 is 3.99. The molecular weight excluding hydrogens is 448 g/mol. The number of aromatic nitrogens is 4. The maximum Gasteiger partial charge on any atom is 0.161 e. The van der Waals surface area contributed by atoms with Crippen LogP contribution >= 0.6 is 18.5 Å². The Hall–Kier alpha value is -1.71. The lowest BCUT2D eigenvalue weighted by Gasteiger charge is -2.21. The van der Waals surface area contributed by atoms with Crippen LogP contribution in [-0.4, -0.2) is 43.4 Å². The van der Waals surface area contributed by atoms with Crippen molar-refractivity contribution in [3.05, 3.63) is 30.2 Å². The highest BCUT2D eigenvalue weighted by Crippen LogP contribution is 2.38. The fourth-order valence-electron chi connectivity index (χ4n) is 4.97. The van der Waals surface area contributed by atoms with E-state index in [1.807, 2.05) is 17.9 Å². The first kappa shape index (κ1) is 24.4. The zero-order valence-electron chi connectivity index (χ0n) is 20.3. The Balaban J connectivity index is 1.55. The second-order valence-electron chi connectivity index (χ2n) is 9.50. The molecule has 2 aromatic rings. The summed E-state index contributed by atoms with van der Waals surface area (Å²) in [6, 6.07) is 0.490. The number of likely N-dealkylation sites (tertiary alicyclic amines) is 1. The Bertz CT molecular complexity index is 1000. The molecule has 2 fully saturated rings. The van der Waals surface area contributed by atoms with Crippen molar-refractivity contribution in [2.45, 2.75) is 70.2 Å². The summed E-state index contributed by atoms with van der Waals surface area (Å²) >= 11 is 0. The third-order valence-corrected chi connectivity index (χ3v) is 7.76. The summed E-state index contributed by atoms with van der Waals surface area (Å²) in [5.41, 5.74) is 3.73. The van der Waals surface area contributed by atoms with Crippen LogP contribution in [0.5, 0.6) is 0 Å². The maximum atomic E-state index is 4.98. The average molecular weight is 488 g/mol. The molecule has 9 heteroatoms. The zero-order valence-corrected chi connectivity index (χ0v) is 22.6. The van der Waals surface area contributed by atoms with Gasteiger partial charge in [0, 0.05) is 37.4 Å². The molecule has 0 amide bonds. The van der Waals surface area contributed by atoms with E-state index < -0.39 is 0 Å². The first-order chi connectivity index (χ1) is 15.9. The summed E-state index contributed by atoms with van der Waals surface area (Å²) in [4.78, 5) is 7.37. The predicted molar refractivity (Wildman–Crippen MR) is 145 cm³/mol. The van der Waals surface area contributed by atoms with Crippen LogP contribution in [0.15, 0.2) is 24.0 Å². The summed E-state index contributed by atoms with van der Waals surface area (Å²) in [6.45, 7) is 10.9. The number of nitrogens with one attached hydrogen (secondary N) is 1. The second kappa shape index (κ2) is 10.7. The summed E-state index contributed by atoms with van der Waals surface area (Å²) in [7, 11) is 7.62. The lowest BCUT2D eigenvalue weighted by atomic mass is 9.96. The predicted octanol–water partition coefficient (Wildman–Crippen LogP) is 5.74. The van der Waals surface area contributed by atoms with E-state index >= 15 is 0 Å². The molecule has 1 saturated heterocycles. The molecule has 0 bridgehead atoms. The van der Waals surface area contributed by atoms with E-state index in [0.717, 1.165) is 53.3 Å². The molecule has 2 aliphatic rings. The molecule has 2 aromatic heterocycles. The molecule has 4 rings (SSSR count). The van der Waals surface area contributed by atoms with Gasteiger partial charge in [0.15, 0.2) is 5.82 Å². The quantitative estimate of drug-likeness (QED) is 0.308. The Kier molecular flexibility index (Phi) is 7.91. The normalized spacial score (nSPS) is 20.1. The van der Waals surface area contributed by atoms with E-state index in [-0.39, 0.29) is 5.40 Å². The van der Waals surface area contributed by atoms with Crippen molar-refractivity contribution in [3.63, 3.8) is 0 Å². The van der Waals surface area contributed by atoms with E-state index in [9.17, 15) is 0 Å². The SMILES string of the molecule is C=C(Nc1cn(C2CCCCC2)nc1C(P)P)c1cnn(C)c1/N=C(\C)N1CCC(CC)C1. The van der Waals surface area contributed by atoms with Gasteiger partial charge in [0.05, 0.1) is 29.2 Å². The van der Waals surface area contributed by atoms with Gasteiger partial charge in [-0.25, -0.2) is 4.99 Å². The molecule has 0 radical (unpaired) electrons. The van der Waals surface area contributed by atoms with E-state index in [2.05, 4.69) is 65.1 Å². The Morgan fingerprint density at radius 1 is 1.27 bits per heavy atom. The highest BCUT2D eigenvalue weighted by Gasteiger charge is 2.24. The number of aliphatic imine (C=N–C) groups is 1. The third-order valence-electron chi connectivity index (χ3n) is 7.13. The van der Waals surface area contributed by atoms with E-state index in [1.54, 1.807) is 0 Å². The Morgan fingerprint density at radius 2 is 2.03 bits per heavy atom. The molecule has 1 saturated carbocycles. The van der Waals surface area contributed by atoms with E-state index in [0.29, 0.717) is 6.04 Å². The zero-order chi connectivity index (χ0) is 23.5. The average Bonchev–Trinajstić information content (AvgIpc) is 3.53. The summed E-state index contributed by atoms with van der Waals surface area (Å²) in [5.74, 6) is 2.65. The number of aryl methyl sites for hydroxylation is 1. The molecule has 1 aliphatic carbocycles. The standard InChI is InChI=1S/C24H39N7P2/c1-5-18-11-12-30(14-18)17(3)27-23-20(13-25-29(23)4)16(2)26-21-15-31(28-22(21)24(32)33)19-9-7-6-8-10-19/h13,15,18-19,24,26H,2,5-12,14,32-33H2,1,3-4H3/b27-17+. The minimum Gasteiger partial charge on any atom is -0.360 e. The third kappa shape index (κ3) is 5.52. The largest absolute Gasteiger partial charge is 0.360 e. The number of amidine groups is 1. The minimum atomic E-state index is 0.167. The molecule has 7 nitrogen and oxygen atoms in total. The molecule has 3 unspecified atom stereocenters. The van der Waals surface area contributed by atoms with Crippen LogP contribution in [0.4, 0.5) is 11.5 Å². The molecule has 0 spiro atoms. The van der Waals surface area contributed by atoms with Crippen molar-refractivity contribution in [2.75, 3.05) is 18.4 Å². The van der Waals surface area contributed by atoms with Gasteiger partial charge in [-0.2, -0.15) is 10.2 Å². The van der Waals surface area contributed by atoms with Crippen LogP contribution in [0.2, 0.25) is 0 Å². The maximum absolute atomic E-state index is 4.98. The van der Waals surface area contributed by atoms with Gasteiger partial charge in [0.25, 0.3) is 0 Å². The number of hydrogen-bond acceptors (Lipinski definition) is 4. The van der Waals surface area contributed by atoms with Crippen LogP contribution in [0, 0.1) is 5.92 Å². The van der Waals surface area contributed by atoms with Crippen LogP contribution in [-0.2, 0) is 7.05 Å². The van der Waals surface area contributed by atoms with Gasteiger partial charge in [-0.15, -0.1) is 18.5 Å². The van der Waals surface area contributed by atoms with Crippen LogP contribution in [0.25, 0.3) is 5.70 Å². The molecule has 1 aliphatic heterocycles. The number of rotatable bonds is 7. The minimum absolute atomic E-state index is 0.167. The summed E-state index contributed by atoms with van der Waals surface area (Å²) in [6.07, 6.45) is 12.8. The molecule has 1 N–H and O–H groups in total.